The van der Waals surface area contributed by atoms with Crippen LogP contribution in [-0.2, 0) is 16.9 Å². The molecule has 1 aliphatic heterocycles. The lowest BCUT2D eigenvalue weighted by Gasteiger charge is -2.22. The summed E-state index contributed by atoms with van der Waals surface area (Å²) in [5, 5.41) is 11.3. The molecule has 2 aromatic carbocycles. The summed E-state index contributed by atoms with van der Waals surface area (Å²) in [6, 6.07) is 19.9. The second-order valence-corrected chi connectivity index (χ2v) is 6.60. The Balaban J connectivity index is 1.69. The summed E-state index contributed by atoms with van der Waals surface area (Å²) in [6.45, 7) is 0.333. The molecule has 0 radical (unpaired) electrons. The average Bonchev–Trinajstić information content (AvgIpc) is 2.92. The molecular formula is C22H18N2O3. The fourth-order valence-corrected chi connectivity index (χ4v) is 3.46. The Morgan fingerprint density at radius 3 is 2.48 bits per heavy atom. The van der Waals surface area contributed by atoms with Crippen molar-refractivity contribution in [2.75, 3.05) is 4.90 Å². The van der Waals surface area contributed by atoms with Crippen LogP contribution in [0.25, 0.3) is 0 Å². The van der Waals surface area contributed by atoms with Crippen molar-refractivity contribution < 1.29 is 14.7 Å². The van der Waals surface area contributed by atoms with E-state index < -0.39 is 11.5 Å². The molecule has 2 heterocycles. The van der Waals surface area contributed by atoms with Gasteiger partial charge >= 0.3 is 0 Å². The zero-order valence-corrected chi connectivity index (χ0v) is 14.6. The van der Waals surface area contributed by atoms with E-state index in [1.165, 1.54) is 6.20 Å². The number of hydrogen-bond acceptors (Lipinski definition) is 4. The van der Waals surface area contributed by atoms with Crippen LogP contribution in [0.5, 0.6) is 0 Å². The van der Waals surface area contributed by atoms with Crippen LogP contribution < -0.4 is 4.90 Å². The van der Waals surface area contributed by atoms with E-state index in [1.807, 2.05) is 36.4 Å². The van der Waals surface area contributed by atoms with Gasteiger partial charge in [-0.25, -0.2) is 0 Å². The van der Waals surface area contributed by atoms with Crippen LogP contribution in [0, 0.1) is 0 Å². The molecule has 5 heteroatoms. The van der Waals surface area contributed by atoms with Crippen LogP contribution in [0.2, 0.25) is 0 Å². The molecule has 1 aromatic heterocycles. The van der Waals surface area contributed by atoms with Gasteiger partial charge < -0.3 is 10.0 Å². The predicted octanol–water partition coefficient (Wildman–Crippen LogP) is 3.09. The number of carbonyl (C=O) groups is 2. The van der Waals surface area contributed by atoms with Crippen LogP contribution in [0.1, 0.15) is 27.9 Å². The summed E-state index contributed by atoms with van der Waals surface area (Å²) >= 11 is 0. The lowest BCUT2D eigenvalue weighted by Crippen LogP contribution is -2.41. The van der Waals surface area contributed by atoms with Crippen molar-refractivity contribution >= 4 is 17.4 Å². The normalized spacial score (nSPS) is 18.4. The highest BCUT2D eigenvalue weighted by Gasteiger charge is 2.50. The first-order valence-corrected chi connectivity index (χ1v) is 8.70. The van der Waals surface area contributed by atoms with E-state index in [4.69, 9.17) is 0 Å². The van der Waals surface area contributed by atoms with Gasteiger partial charge in [-0.2, -0.15) is 0 Å². The van der Waals surface area contributed by atoms with Crippen molar-refractivity contribution in [1.29, 1.82) is 0 Å². The number of ketones is 1. The maximum Gasteiger partial charge on any atom is 0.264 e. The van der Waals surface area contributed by atoms with Gasteiger partial charge in [0.2, 0.25) is 0 Å². The highest BCUT2D eigenvalue weighted by Crippen LogP contribution is 2.43. The van der Waals surface area contributed by atoms with Crippen molar-refractivity contribution in [3.05, 3.63) is 95.8 Å². The van der Waals surface area contributed by atoms with Crippen LogP contribution in [-0.4, -0.2) is 21.8 Å². The molecule has 3 aromatic rings. The minimum Gasteiger partial charge on any atom is -0.375 e. The van der Waals surface area contributed by atoms with Crippen LogP contribution in [0.4, 0.5) is 5.69 Å². The zero-order chi connectivity index (χ0) is 18.9. The summed E-state index contributed by atoms with van der Waals surface area (Å²) < 4.78 is 0. The molecule has 1 atom stereocenters. The molecule has 0 fully saturated rings. The number of nitrogens with zero attached hydrogens (tertiary/aromatic N) is 2. The number of aromatic nitrogens is 1. The molecule has 4 rings (SSSR count). The van der Waals surface area contributed by atoms with Gasteiger partial charge in [-0.05, 0) is 23.8 Å². The Hall–Kier alpha value is -3.31. The molecule has 0 aliphatic carbocycles. The largest absolute Gasteiger partial charge is 0.375 e. The lowest BCUT2D eigenvalue weighted by molar-refractivity contribution is -0.136. The third-order valence-electron chi connectivity index (χ3n) is 4.82. The second kappa shape index (κ2) is 6.78. The highest BCUT2D eigenvalue weighted by atomic mass is 16.3. The molecule has 0 saturated heterocycles. The van der Waals surface area contributed by atoms with Crippen molar-refractivity contribution in [2.45, 2.75) is 18.6 Å². The van der Waals surface area contributed by atoms with Crippen molar-refractivity contribution in [3.8, 4) is 0 Å². The fourth-order valence-electron chi connectivity index (χ4n) is 3.46. The maximum absolute atomic E-state index is 13.2. The predicted molar refractivity (Wildman–Crippen MR) is 101 cm³/mol. The summed E-state index contributed by atoms with van der Waals surface area (Å²) in [5.74, 6) is -0.805. The van der Waals surface area contributed by atoms with Crippen LogP contribution in [0.15, 0.2) is 79.1 Å². The summed E-state index contributed by atoms with van der Waals surface area (Å²) in [6.07, 6.45) is 2.70. The monoisotopic (exact) mass is 358 g/mol. The Labute approximate surface area is 156 Å². The smallest absolute Gasteiger partial charge is 0.264 e. The minimum atomic E-state index is -1.88. The van der Waals surface area contributed by atoms with E-state index in [9.17, 15) is 14.7 Å². The SMILES string of the molecule is O=C(C[C@@]1(O)C(=O)N(Cc2ccccc2)c2ccccc21)c1cccnc1. The van der Waals surface area contributed by atoms with Gasteiger partial charge in [0, 0.05) is 23.5 Å². The molecule has 0 unspecified atom stereocenters. The van der Waals surface area contributed by atoms with E-state index >= 15 is 0 Å². The van der Waals surface area contributed by atoms with Crippen molar-refractivity contribution in [1.82, 2.24) is 4.98 Å². The lowest BCUT2D eigenvalue weighted by atomic mass is 9.88. The number of para-hydroxylation sites is 1. The number of pyridine rings is 1. The molecule has 0 bridgehead atoms. The fraction of sp³-hybridized carbons (Fsp3) is 0.136. The standard InChI is InChI=1S/C22H18N2O3/c25-20(17-9-6-12-23-14-17)13-22(27)18-10-4-5-11-19(18)24(21(22)26)15-16-7-2-1-3-8-16/h1-12,14,27H,13,15H2/t22-/m0/s1. The summed E-state index contributed by atoms with van der Waals surface area (Å²) in [4.78, 5) is 31.3. The zero-order valence-electron chi connectivity index (χ0n) is 14.6. The number of carbonyl (C=O) groups excluding carboxylic acids is 2. The minimum absolute atomic E-state index is 0.320. The number of Topliss-reactive ketones (excluding diaryl/α,β-unsaturated/α-hetero) is 1. The van der Waals surface area contributed by atoms with Crippen molar-refractivity contribution in [2.24, 2.45) is 0 Å². The molecule has 0 spiro atoms. The van der Waals surface area contributed by atoms with Gasteiger partial charge in [-0.3, -0.25) is 14.6 Å². The maximum atomic E-state index is 13.2. The van der Waals surface area contributed by atoms with E-state index in [2.05, 4.69) is 4.98 Å². The highest BCUT2D eigenvalue weighted by molar-refractivity contribution is 6.10. The number of fused-ring (bicyclic) bond motifs is 1. The van der Waals surface area contributed by atoms with E-state index in [0.29, 0.717) is 23.4 Å². The number of hydrogen-bond donors (Lipinski definition) is 1. The number of amides is 1. The van der Waals surface area contributed by atoms with Crippen LogP contribution in [0.3, 0.4) is 0 Å². The number of aliphatic hydroxyl groups is 1. The first-order valence-electron chi connectivity index (χ1n) is 8.70. The van der Waals surface area contributed by atoms with Crippen molar-refractivity contribution in [3.63, 3.8) is 0 Å². The third kappa shape index (κ3) is 3.02. The Morgan fingerprint density at radius 2 is 1.74 bits per heavy atom. The molecule has 134 valence electrons. The second-order valence-electron chi connectivity index (χ2n) is 6.60. The Bertz CT molecular complexity index is 989. The molecule has 5 nitrogen and oxygen atoms in total. The molecule has 0 saturated carbocycles. The molecule has 27 heavy (non-hydrogen) atoms. The number of anilines is 1. The molecule has 1 aliphatic rings. The number of benzene rings is 2. The summed E-state index contributed by atoms with van der Waals surface area (Å²) in [5.41, 5.74) is 0.537. The first-order chi connectivity index (χ1) is 13.1. The van der Waals surface area contributed by atoms with Gasteiger partial charge in [0.1, 0.15) is 0 Å². The summed E-state index contributed by atoms with van der Waals surface area (Å²) in [7, 11) is 0. The first kappa shape index (κ1) is 17.1. The van der Waals surface area contributed by atoms with Crippen LogP contribution >= 0.6 is 0 Å². The average molecular weight is 358 g/mol. The number of rotatable bonds is 5. The van der Waals surface area contributed by atoms with Gasteiger partial charge in [-0.1, -0.05) is 48.5 Å². The Kier molecular flexibility index (Phi) is 4.30. The molecular weight excluding hydrogens is 340 g/mol. The quantitative estimate of drug-likeness (QED) is 0.712. The Morgan fingerprint density at radius 1 is 1.00 bits per heavy atom. The molecule has 1 amide bonds. The van der Waals surface area contributed by atoms with Gasteiger partial charge in [0.15, 0.2) is 11.4 Å². The van der Waals surface area contributed by atoms with E-state index in [-0.39, 0.29) is 12.2 Å². The molecule has 1 N–H and O–H groups in total. The van der Waals surface area contributed by atoms with E-state index in [1.54, 1.807) is 41.4 Å². The van der Waals surface area contributed by atoms with Gasteiger partial charge in [0.25, 0.3) is 5.91 Å². The topological polar surface area (TPSA) is 70.5 Å². The van der Waals surface area contributed by atoms with Gasteiger partial charge in [0.05, 0.1) is 18.7 Å². The van der Waals surface area contributed by atoms with Gasteiger partial charge in [-0.15, -0.1) is 0 Å². The third-order valence-corrected chi connectivity index (χ3v) is 4.82. The van der Waals surface area contributed by atoms with E-state index in [0.717, 1.165) is 5.56 Å².